The zero-order valence-corrected chi connectivity index (χ0v) is 13.3. The van der Waals surface area contributed by atoms with Gasteiger partial charge in [-0.1, -0.05) is 53.6 Å². The molecule has 2 aromatic rings. The molecule has 1 heterocycles. The van der Waals surface area contributed by atoms with Crippen molar-refractivity contribution in [1.29, 1.82) is 0 Å². The van der Waals surface area contributed by atoms with Crippen molar-refractivity contribution in [1.82, 2.24) is 10.2 Å². The highest BCUT2D eigenvalue weighted by molar-refractivity contribution is 6.30. The molecule has 0 bridgehead atoms. The predicted molar refractivity (Wildman–Crippen MR) is 89.7 cm³/mol. The van der Waals surface area contributed by atoms with Crippen molar-refractivity contribution in [2.45, 2.75) is 13.5 Å². The minimum Gasteiger partial charge on any atom is -0.303 e. The van der Waals surface area contributed by atoms with Crippen molar-refractivity contribution in [2.75, 3.05) is 0 Å². The molecule has 1 aliphatic rings. The van der Waals surface area contributed by atoms with Crippen LogP contribution in [0.25, 0.3) is 6.08 Å². The Morgan fingerprint density at radius 1 is 1.13 bits per heavy atom. The second kappa shape index (κ2) is 6.26. The number of benzene rings is 2. The Balaban J connectivity index is 1.81. The minimum absolute atomic E-state index is 0.254. The Hall–Kier alpha value is -2.59. The molecule has 116 valence electrons. The topological polar surface area (TPSA) is 49.4 Å². The second-order valence-electron chi connectivity index (χ2n) is 5.42. The SMILES string of the molecule is Cc1cccc(CN2C(=O)N/C(=C/c3ccc(Cl)cc3)C2=O)c1. The number of nitrogens with one attached hydrogen (secondary N) is 1. The number of carbonyl (C=O) groups is 2. The van der Waals surface area contributed by atoms with Gasteiger partial charge in [-0.15, -0.1) is 0 Å². The molecule has 0 aliphatic carbocycles. The zero-order valence-electron chi connectivity index (χ0n) is 12.5. The van der Waals surface area contributed by atoms with E-state index in [2.05, 4.69) is 5.32 Å². The Kier molecular flexibility index (Phi) is 4.17. The maximum atomic E-state index is 12.4. The summed E-state index contributed by atoms with van der Waals surface area (Å²) in [6.45, 7) is 2.23. The molecule has 3 rings (SSSR count). The van der Waals surface area contributed by atoms with Crippen LogP contribution in [0, 0.1) is 6.92 Å². The van der Waals surface area contributed by atoms with Crippen molar-refractivity contribution in [3.05, 3.63) is 75.9 Å². The smallest absolute Gasteiger partial charge is 0.303 e. The number of urea groups is 1. The summed E-state index contributed by atoms with van der Waals surface area (Å²) in [5.74, 6) is -0.327. The van der Waals surface area contributed by atoms with E-state index in [-0.39, 0.29) is 18.1 Å². The van der Waals surface area contributed by atoms with Crippen LogP contribution in [0.1, 0.15) is 16.7 Å². The Bertz CT molecular complexity index is 797. The van der Waals surface area contributed by atoms with E-state index in [0.717, 1.165) is 16.7 Å². The van der Waals surface area contributed by atoms with E-state index in [1.165, 1.54) is 4.90 Å². The quantitative estimate of drug-likeness (QED) is 0.690. The normalized spacial score (nSPS) is 16.1. The third-order valence-electron chi connectivity index (χ3n) is 3.57. The van der Waals surface area contributed by atoms with Crippen LogP contribution >= 0.6 is 11.6 Å². The first kappa shape index (κ1) is 15.3. The molecule has 1 fully saturated rings. The number of hydrogen-bond acceptors (Lipinski definition) is 2. The number of rotatable bonds is 3. The number of imide groups is 1. The van der Waals surface area contributed by atoms with Crippen LogP contribution < -0.4 is 5.32 Å². The van der Waals surface area contributed by atoms with E-state index < -0.39 is 6.03 Å². The first-order valence-corrected chi connectivity index (χ1v) is 7.56. The van der Waals surface area contributed by atoms with Gasteiger partial charge in [-0.2, -0.15) is 0 Å². The van der Waals surface area contributed by atoms with Gasteiger partial charge in [0.05, 0.1) is 6.54 Å². The summed E-state index contributed by atoms with van der Waals surface area (Å²) in [7, 11) is 0. The summed E-state index contributed by atoms with van der Waals surface area (Å²) in [6, 6.07) is 14.4. The van der Waals surface area contributed by atoms with E-state index in [4.69, 9.17) is 11.6 Å². The molecular formula is C18H15ClN2O2. The van der Waals surface area contributed by atoms with Gasteiger partial charge in [-0.05, 0) is 36.3 Å². The highest BCUT2D eigenvalue weighted by Gasteiger charge is 2.33. The van der Waals surface area contributed by atoms with Crippen molar-refractivity contribution in [3.63, 3.8) is 0 Å². The molecule has 0 aromatic heterocycles. The Morgan fingerprint density at radius 2 is 1.87 bits per heavy atom. The molecule has 0 unspecified atom stereocenters. The number of aryl methyl sites for hydroxylation is 1. The van der Waals surface area contributed by atoms with Crippen LogP contribution in [0.5, 0.6) is 0 Å². The van der Waals surface area contributed by atoms with Gasteiger partial charge in [0.2, 0.25) is 0 Å². The Labute approximate surface area is 139 Å². The van der Waals surface area contributed by atoms with Gasteiger partial charge in [0, 0.05) is 5.02 Å². The summed E-state index contributed by atoms with van der Waals surface area (Å²) in [4.78, 5) is 25.7. The maximum Gasteiger partial charge on any atom is 0.329 e. The molecule has 5 heteroatoms. The van der Waals surface area contributed by atoms with E-state index in [9.17, 15) is 9.59 Å². The molecule has 4 nitrogen and oxygen atoms in total. The van der Waals surface area contributed by atoms with Gasteiger partial charge in [0.1, 0.15) is 5.70 Å². The van der Waals surface area contributed by atoms with Crippen LogP contribution in [0.4, 0.5) is 4.79 Å². The summed E-state index contributed by atoms with van der Waals surface area (Å²) >= 11 is 5.84. The predicted octanol–water partition coefficient (Wildman–Crippen LogP) is 3.74. The summed E-state index contributed by atoms with van der Waals surface area (Å²) in [5.41, 5.74) is 3.08. The van der Waals surface area contributed by atoms with Crippen LogP contribution in [0.15, 0.2) is 54.2 Å². The summed E-state index contributed by atoms with van der Waals surface area (Å²) in [6.07, 6.45) is 1.65. The standard InChI is InChI=1S/C18H15ClN2O2/c1-12-3-2-4-14(9-12)11-21-17(22)16(20-18(21)23)10-13-5-7-15(19)8-6-13/h2-10H,11H2,1H3,(H,20,23)/b16-10+. The fraction of sp³-hybridized carbons (Fsp3) is 0.111. The number of nitrogens with zero attached hydrogens (tertiary/aromatic N) is 1. The monoisotopic (exact) mass is 326 g/mol. The molecule has 2 aromatic carbocycles. The first-order valence-electron chi connectivity index (χ1n) is 7.18. The lowest BCUT2D eigenvalue weighted by Crippen LogP contribution is -2.30. The minimum atomic E-state index is -0.406. The lowest BCUT2D eigenvalue weighted by Gasteiger charge is -2.12. The third kappa shape index (κ3) is 3.43. The second-order valence-corrected chi connectivity index (χ2v) is 5.86. The molecule has 0 saturated carbocycles. The van der Waals surface area contributed by atoms with Gasteiger partial charge in [0.25, 0.3) is 5.91 Å². The molecular weight excluding hydrogens is 312 g/mol. The molecule has 1 N–H and O–H groups in total. The van der Waals surface area contributed by atoms with Crippen LogP contribution in [-0.2, 0) is 11.3 Å². The van der Waals surface area contributed by atoms with Gasteiger partial charge >= 0.3 is 6.03 Å². The van der Waals surface area contributed by atoms with Gasteiger partial charge in [0.15, 0.2) is 0 Å². The van der Waals surface area contributed by atoms with Crippen molar-refractivity contribution in [2.24, 2.45) is 0 Å². The average molecular weight is 327 g/mol. The number of amides is 3. The summed E-state index contributed by atoms with van der Waals surface area (Å²) < 4.78 is 0. The van der Waals surface area contributed by atoms with Crippen molar-refractivity contribution >= 4 is 29.6 Å². The molecule has 1 saturated heterocycles. The zero-order chi connectivity index (χ0) is 16.4. The van der Waals surface area contributed by atoms with E-state index >= 15 is 0 Å². The van der Waals surface area contributed by atoms with Crippen LogP contribution in [0.3, 0.4) is 0 Å². The lowest BCUT2D eigenvalue weighted by molar-refractivity contribution is -0.123. The first-order chi connectivity index (χ1) is 11.0. The fourth-order valence-electron chi connectivity index (χ4n) is 2.43. The number of hydrogen-bond donors (Lipinski definition) is 1. The van der Waals surface area contributed by atoms with Gasteiger partial charge in [-0.25, -0.2) is 4.79 Å². The highest BCUT2D eigenvalue weighted by atomic mass is 35.5. The largest absolute Gasteiger partial charge is 0.329 e. The molecule has 0 radical (unpaired) electrons. The lowest BCUT2D eigenvalue weighted by atomic mass is 10.1. The van der Waals surface area contributed by atoms with Gasteiger partial charge in [-0.3, -0.25) is 9.69 Å². The highest BCUT2D eigenvalue weighted by Crippen LogP contribution is 2.18. The molecule has 0 spiro atoms. The molecule has 3 amide bonds. The van der Waals surface area contributed by atoms with E-state index in [0.29, 0.717) is 5.02 Å². The average Bonchev–Trinajstić information content (AvgIpc) is 2.77. The third-order valence-corrected chi connectivity index (χ3v) is 3.82. The van der Waals surface area contributed by atoms with Crippen LogP contribution in [-0.4, -0.2) is 16.8 Å². The van der Waals surface area contributed by atoms with Gasteiger partial charge < -0.3 is 5.32 Å². The molecule has 23 heavy (non-hydrogen) atoms. The van der Waals surface area contributed by atoms with E-state index in [1.54, 1.807) is 30.3 Å². The number of carbonyl (C=O) groups excluding carboxylic acids is 2. The van der Waals surface area contributed by atoms with Crippen LogP contribution in [0.2, 0.25) is 5.02 Å². The molecule has 0 atom stereocenters. The fourth-order valence-corrected chi connectivity index (χ4v) is 2.56. The Morgan fingerprint density at radius 3 is 2.57 bits per heavy atom. The van der Waals surface area contributed by atoms with Crippen molar-refractivity contribution in [3.8, 4) is 0 Å². The van der Waals surface area contributed by atoms with Crippen molar-refractivity contribution < 1.29 is 9.59 Å². The summed E-state index contributed by atoms with van der Waals surface area (Å²) in [5, 5.41) is 3.24. The number of halogens is 1. The molecule has 1 aliphatic heterocycles. The maximum absolute atomic E-state index is 12.4. The van der Waals surface area contributed by atoms with E-state index in [1.807, 2.05) is 31.2 Å².